The zero-order valence-electron chi connectivity index (χ0n) is 11.3. The largest absolute Gasteiger partial charge is 0.435 e. The quantitative estimate of drug-likeness (QED) is 0.415. The summed E-state index contributed by atoms with van der Waals surface area (Å²) in [7, 11) is 0. The fourth-order valence-electron chi connectivity index (χ4n) is 2.40. The molecule has 3 atom stereocenters. The highest BCUT2D eigenvalue weighted by Gasteiger charge is 3.10. The van der Waals surface area contributed by atoms with E-state index >= 15 is 0 Å². The minimum absolute atomic E-state index is 8.22. The average molecular weight is 450 g/mol. The van der Waals surface area contributed by atoms with E-state index in [9.17, 15) is 79.0 Å². The first-order chi connectivity index (χ1) is 11.2. The van der Waals surface area contributed by atoms with Crippen molar-refractivity contribution in [2.75, 3.05) is 0 Å². The second-order valence-corrected chi connectivity index (χ2v) is 5.19. The van der Waals surface area contributed by atoms with Crippen LogP contribution in [0.1, 0.15) is 0 Å². The summed E-state index contributed by atoms with van der Waals surface area (Å²) in [5, 5.41) is 0. The molecule has 0 N–H and O–H groups in total. The lowest BCUT2D eigenvalue weighted by Gasteiger charge is -2.58. The van der Waals surface area contributed by atoms with E-state index in [1.807, 2.05) is 0 Å². The molecule has 0 heterocycles. The number of alkyl halides is 18. The van der Waals surface area contributed by atoms with Gasteiger partial charge in [-0.1, -0.05) is 0 Å². The van der Waals surface area contributed by atoms with Gasteiger partial charge in [0.25, 0.3) is 0 Å². The summed E-state index contributed by atoms with van der Waals surface area (Å²) >= 11 is 0. The van der Waals surface area contributed by atoms with Gasteiger partial charge in [-0.15, -0.1) is 0 Å². The molecule has 0 radical (unpaired) electrons. The normalized spacial score (nSPS) is 39.3. The van der Waals surface area contributed by atoms with Gasteiger partial charge in [-0.05, 0) is 0 Å². The van der Waals surface area contributed by atoms with Gasteiger partial charge in [0.1, 0.15) is 0 Å². The molecule has 0 aromatic carbocycles. The van der Waals surface area contributed by atoms with Crippen molar-refractivity contribution in [1.29, 1.82) is 0 Å². The Morgan fingerprint density at radius 1 is 0.296 bits per heavy atom. The molecular weight excluding hydrogens is 450 g/mol. The number of rotatable bonds is 0. The van der Waals surface area contributed by atoms with Crippen LogP contribution < -0.4 is 0 Å². The number of halogens is 18. The Hall–Kier alpha value is -1.26. The molecule has 1 aliphatic carbocycles. The van der Waals surface area contributed by atoms with Crippen LogP contribution >= 0.6 is 0 Å². The first-order valence-electron chi connectivity index (χ1n) is 5.65. The highest BCUT2D eigenvalue weighted by atomic mass is 19.4. The summed E-state index contributed by atoms with van der Waals surface area (Å²) in [5.74, 6) is -26.0. The van der Waals surface area contributed by atoms with Crippen molar-refractivity contribution in [3.63, 3.8) is 0 Å². The van der Waals surface area contributed by atoms with Crippen LogP contribution in [0.4, 0.5) is 79.0 Å². The Kier molecular flexibility index (Phi) is 4.41. The molecular formula is C9F18. The fourth-order valence-corrected chi connectivity index (χ4v) is 2.40. The van der Waals surface area contributed by atoms with Gasteiger partial charge >= 0.3 is 53.3 Å². The van der Waals surface area contributed by atoms with E-state index in [4.69, 9.17) is 0 Å². The van der Waals surface area contributed by atoms with Crippen molar-refractivity contribution in [2.24, 2.45) is 0 Å². The molecule has 3 unspecified atom stereocenters. The third-order valence-electron chi connectivity index (χ3n) is 3.77. The maximum atomic E-state index is 13.7. The minimum Gasteiger partial charge on any atom is -0.222 e. The van der Waals surface area contributed by atoms with Crippen LogP contribution in [0, 0.1) is 0 Å². The molecule has 0 nitrogen and oxygen atoms in total. The van der Waals surface area contributed by atoms with Crippen LogP contribution in [-0.4, -0.2) is 53.3 Å². The average Bonchev–Trinajstić information content (AvgIpc) is 2.38. The van der Waals surface area contributed by atoms with Gasteiger partial charge < -0.3 is 0 Å². The molecule has 1 fully saturated rings. The topological polar surface area (TPSA) is 0 Å². The Morgan fingerprint density at radius 3 is 0.704 bits per heavy atom. The fraction of sp³-hybridized carbons (Fsp3) is 1.00. The lowest BCUT2D eigenvalue weighted by molar-refractivity contribution is -0.531. The van der Waals surface area contributed by atoms with Crippen molar-refractivity contribution in [3.05, 3.63) is 0 Å². The van der Waals surface area contributed by atoms with E-state index in [0.717, 1.165) is 0 Å². The first-order valence-corrected chi connectivity index (χ1v) is 5.65. The van der Waals surface area contributed by atoms with E-state index in [1.165, 1.54) is 0 Å². The van der Waals surface area contributed by atoms with Crippen molar-refractivity contribution in [3.8, 4) is 0 Å². The monoisotopic (exact) mass is 450 g/mol. The molecule has 1 rings (SSSR count). The van der Waals surface area contributed by atoms with Crippen molar-refractivity contribution in [1.82, 2.24) is 0 Å². The summed E-state index contributed by atoms with van der Waals surface area (Å²) in [6.07, 6.45) is -24.9. The molecule has 0 bridgehead atoms. The molecule has 0 aromatic heterocycles. The maximum absolute atomic E-state index is 13.7. The number of hydrogen-bond acceptors (Lipinski definition) is 0. The van der Waals surface area contributed by atoms with E-state index in [-0.39, 0.29) is 0 Å². The Bertz CT molecular complexity index is 606. The van der Waals surface area contributed by atoms with Gasteiger partial charge in [0.15, 0.2) is 0 Å². The van der Waals surface area contributed by atoms with E-state index < -0.39 is 53.3 Å². The highest BCUT2D eigenvalue weighted by Crippen LogP contribution is 2.76. The van der Waals surface area contributed by atoms with E-state index in [1.54, 1.807) is 0 Å². The van der Waals surface area contributed by atoms with Gasteiger partial charge in [-0.3, -0.25) is 0 Å². The Balaban J connectivity index is 4.36. The molecule has 0 aliphatic heterocycles. The third kappa shape index (κ3) is 2.01. The summed E-state index contributed by atoms with van der Waals surface area (Å²) in [4.78, 5) is 0. The smallest absolute Gasteiger partial charge is 0.222 e. The maximum Gasteiger partial charge on any atom is 0.435 e. The van der Waals surface area contributed by atoms with Crippen molar-refractivity contribution in [2.45, 2.75) is 53.3 Å². The van der Waals surface area contributed by atoms with Crippen LogP contribution in [0.3, 0.4) is 0 Å². The summed E-state index contributed by atoms with van der Waals surface area (Å²) < 4.78 is 232. The zero-order valence-corrected chi connectivity index (χ0v) is 11.3. The molecule has 162 valence electrons. The minimum atomic E-state index is -8.82. The van der Waals surface area contributed by atoms with Crippen LogP contribution in [0.15, 0.2) is 0 Å². The van der Waals surface area contributed by atoms with Gasteiger partial charge in [-0.2, -0.15) is 65.9 Å². The number of hydrogen-bond donors (Lipinski definition) is 0. The summed E-state index contributed by atoms with van der Waals surface area (Å²) in [6, 6.07) is 0. The lowest BCUT2D eigenvalue weighted by Crippen LogP contribution is -2.93. The summed E-state index contributed by atoms with van der Waals surface area (Å²) in [6.45, 7) is 0. The molecule has 27 heavy (non-hydrogen) atoms. The van der Waals surface area contributed by atoms with Crippen LogP contribution in [0.2, 0.25) is 0 Å². The van der Waals surface area contributed by atoms with Gasteiger partial charge in [-0.25, -0.2) is 13.2 Å². The van der Waals surface area contributed by atoms with E-state index in [2.05, 4.69) is 0 Å². The highest BCUT2D eigenvalue weighted by molar-refractivity contribution is 5.37. The van der Waals surface area contributed by atoms with E-state index in [0.29, 0.717) is 0 Å². The third-order valence-corrected chi connectivity index (χ3v) is 3.77. The predicted molar refractivity (Wildman–Crippen MR) is 44.5 cm³/mol. The van der Waals surface area contributed by atoms with Crippen molar-refractivity contribution >= 4 is 0 Å². The standard InChI is InChI=1S/C9F18/c10-1(7(19,20)21)2(11,8(22,23)24)5(15,16)6(17,18)3(12,4(1,13)14)9(25,26)27. The second kappa shape index (κ2) is 5.01. The molecule has 0 aromatic rings. The van der Waals surface area contributed by atoms with Crippen LogP contribution in [-0.2, 0) is 0 Å². The summed E-state index contributed by atoms with van der Waals surface area (Å²) in [5.41, 5.74) is -26.1. The lowest BCUT2D eigenvalue weighted by atomic mass is 9.60. The molecule has 1 saturated carbocycles. The van der Waals surface area contributed by atoms with Gasteiger partial charge in [0.05, 0.1) is 0 Å². The van der Waals surface area contributed by atoms with Crippen molar-refractivity contribution < 1.29 is 79.0 Å². The first kappa shape index (κ1) is 23.8. The second-order valence-electron chi connectivity index (χ2n) is 5.19. The molecule has 18 heteroatoms. The molecule has 0 amide bonds. The molecule has 0 saturated heterocycles. The van der Waals surface area contributed by atoms with Crippen LogP contribution in [0.5, 0.6) is 0 Å². The zero-order chi connectivity index (χ0) is 22.5. The molecule has 1 aliphatic rings. The van der Waals surface area contributed by atoms with Crippen LogP contribution in [0.25, 0.3) is 0 Å². The van der Waals surface area contributed by atoms with Gasteiger partial charge in [0, 0.05) is 0 Å². The Labute approximate surface area is 134 Å². The van der Waals surface area contributed by atoms with Gasteiger partial charge in [0.2, 0.25) is 0 Å². The SMILES string of the molecule is FC(F)(F)C1(F)C(F)(F)C(F)(F)C(F)(C(F)(F)F)C(F)(C(F)(F)F)C1(F)F. The molecule has 0 spiro atoms. The Morgan fingerprint density at radius 2 is 0.481 bits per heavy atom. The predicted octanol–water partition coefficient (Wildman–Crippen LogP) is 5.72.